The van der Waals surface area contributed by atoms with Crippen molar-refractivity contribution in [2.75, 3.05) is 20.2 Å². The molecule has 1 aliphatic rings. The summed E-state index contributed by atoms with van der Waals surface area (Å²) in [6.45, 7) is 3.78. The molecule has 3 rings (SSSR count). The Hall–Kier alpha value is -2.06. The van der Waals surface area contributed by atoms with Gasteiger partial charge >= 0.3 is 5.97 Å². The van der Waals surface area contributed by atoms with Gasteiger partial charge in [0.2, 0.25) is 5.13 Å². The summed E-state index contributed by atoms with van der Waals surface area (Å²) in [7, 11) is 2.07. The lowest BCUT2D eigenvalue weighted by molar-refractivity contribution is 0.0517. The number of carbonyl (C=O) groups excluding carboxylic acids is 2. The second kappa shape index (κ2) is 5.98. The van der Waals surface area contributed by atoms with Crippen molar-refractivity contribution in [1.82, 2.24) is 19.7 Å². The van der Waals surface area contributed by atoms with Gasteiger partial charge in [0.25, 0.3) is 0 Å². The standard InChI is InChI=1S/C14H16N4O3S/c1-3-21-13(20)12-9(8-19)6-18(16-12)14-15-10-4-5-17(2)7-11(10)22-14/h6,8H,3-5,7H2,1-2H3. The van der Waals surface area contributed by atoms with Crippen molar-refractivity contribution in [2.45, 2.75) is 19.9 Å². The van der Waals surface area contributed by atoms with Crippen LogP contribution in [0, 0.1) is 0 Å². The van der Waals surface area contributed by atoms with E-state index in [1.165, 1.54) is 27.1 Å². The molecule has 7 nitrogen and oxygen atoms in total. The van der Waals surface area contributed by atoms with Gasteiger partial charge in [-0.05, 0) is 14.0 Å². The predicted molar refractivity (Wildman–Crippen MR) is 80.6 cm³/mol. The summed E-state index contributed by atoms with van der Waals surface area (Å²) in [4.78, 5) is 31.0. The Morgan fingerprint density at radius 2 is 2.36 bits per heavy atom. The molecule has 0 saturated heterocycles. The molecule has 0 aromatic carbocycles. The second-order valence-electron chi connectivity index (χ2n) is 5.07. The van der Waals surface area contributed by atoms with Crippen molar-refractivity contribution >= 4 is 23.6 Å². The van der Waals surface area contributed by atoms with E-state index in [9.17, 15) is 9.59 Å². The zero-order chi connectivity index (χ0) is 15.7. The van der Waals surface area contributed by atoms with E-state index in [-0.39, 0.29) is 17.9 Å². The molecule has 0 atom stereocenters. The lowest BCUT2D eigenvalue weighted by atomic mass is 10.2. The normalized spacial score (nSPS) is 14.6. The van der Waals surface area contributed by atoms with E-state index in [0.29, 0.717) is 11.4 Å². The van der Waals surface area contributed by atoms with Gasteiger partial charge in [0, 0.05) is 30.6 Å². The highest BCUT2D eigenvalue weighted by molar-refractivity contribution is 7.14. The summed E-state index contributed by atoms with van der Waals surface area (Å²) < 4.78 is 6.40. The number of ether oxygens (including phenoxy) is 1. The summed E-state index contributed by atoms with van der Waals surface area (Å²) in [5, 5.41) is 4.84. The summed E-state index contributed by atoms with van der Waals surface area (Å²) in [6, 6.07) is 0. The molecule has 0 unspecified atom stereocenters. The first kappa shape index (κ1) is 14.9. The number of nitrogens with zero attached hydrogens (tertiary/aromatic N) is 4. The number of aromatic nitrogens is 3. The van der Waals surface area contributed by atoms with Crippen LogP contribution in [-0.2, 0) is 17.7 Å². The maximum Gasteiger partial charge on any atom is 0.359 e. The van der Waals surface area contributed by atoms with Crippen molar-refractivity contribution in [2.24, 2.45) is 0 Å². The molecule has 0 amide bonds. The molecule has 0 saturated carbocycles. The molecule has 3 heterocycles. The number of esters is 1. The predicted octanol–water partition coefficient (Wildman–Crippen LogP) is 1.31. The lowest BCUT2D eigenvalue weighted by Crippen LogP contribution is -2.25. The lowest BCUT2D eigenvalue weighted by Gasteiger charge is -2.20. The maximum absolute atomic E-state index is 11.8. The average Bonchev–Trinajstić information content (AvgIpc) is 3.10. The minimum Gasteiger partial charge on any atom is -0.461 e. The fraction of sp³-hybridized carbons (Fsp3) is 0.429. The van der Waals surface area contributed by atoms with Gasteiger partial charge in [-0.3, -0.25) is 4.79 Å². The highest BCUT2D eigenvalue weighted by atomic mass is 32.1. The van der Waals surface area contributed by atoms with Crippen LogP contribution in [-0.4, -0.2) is 52.1 Å². The first-order chi connectivity index (χ1) is 10.6. The Balaban J connectivity index is 1.95. The van der Waals surface area contributed by atoms with Gasteiger partial charge in [0.05, 0.1) is 17.9 Å². The van der Waals surface area contributed by atoms with E-state index in [1.807, 2.05) is 0 Å². The summed E-state index contributed by atoms with van der Waals surface area (Å²) in [5.74, 6) is -0.593. The van der Waals surface area contributed by atoms with Crippen molar-refractivity contribution < 1.29 is 14.3 Å². The summed E-state index contributed by atoms with van der Waals surface area (Å²) in [5.41, 5.74) is 1.31. The molecule has 8 heteroatoms. The zero-order valence-electron chi connectivity index (χ0n) is 12.4. The SMILES string of the molecule is CCOC(=O)c1nn(-c2nc3c(s2)CN(C)CC3)cc1C=O. The topological polar surface area (TPSA) is 77.3 Å². The van der Waals surface area contributed by atoms with E-state index in [0.717, 1.165) is 25.2 Å². The Labute approximate surface area is 131 Å². The van der Waals surface area contributed by atoms with Crippen LogP contribution in [0.5, 0.6) is 0 Å². The number of carbonyl (C=O) groups is 2. The van der Waals surface area contributed by atoms with Crippen LogP contribution in [0.4, 0.5) is 0 Å². The first-order valence-corrected chi connectivity index (χ1v) is 7.83. The molecule has 22 heavy (non-hydrogen) atoms. The quantitative estimate of drug-likeness (QED) is 0.624. The van der Waals surface area contributed by atoms with Gasteiger partial charge in [-0.25, -0.2) is 14.5 Å². The number of hydrogen-bond acceptors (Lipinski definition) is 7. The molecule has 2 aromatic rings. The largest absolute Gasteiger partial charge is 0.461 e. The Morgan fingerprint density at radius 1 is 1.55 bits per heavy atom. The molecule has 0 bridgehead atoms. The third kappa shape index (κ3) is 2.67. The van der Waals surface area contributed by atoms with Gasteiger partial charge < -0.3 is 9.64 Å². The number of rotatable bonds is 4. The van der Waals surface area contributed by atoms with Crippen molar-refractivity contribution in [3.63, 3.8) is 0 Å². The van der Waals surface area contributed by atoms with Crippen molar-refractivity contribution in [1.29, 1.82) is 0 Å². The minimum atomic E-state index is -0.593. The van der Waals surface area contributed by atoms with E-state index < -0.39 is 5.97 Å². The average molecular weight is 320 g/mol. The van der Waals surface area contributed by atoms with E-state index in [1.54, 1.807) is 6.92 Å². The fourth-order valence-corrected chi connectivity index (χ4v) is 3.45. The Bertz CT molecular complexity index is 722. The molecular formula is C14H16N4O3S. The van der Waals surface area contributed by atoms with E-state index in [4.69, 9.17) is 4.74 Å². The van der Waals surface area contributed by atoms with Gasteiger partial charge in [-0.1, -0.05) is 11.3 Å². The number of likely N-dealkylation sites (N-methyl/N-ethyl adjacent to an activating group) is 1. The molecule has 2 aromatic heterocycles. The van der Waals surface area contributed by atoms with Gasteiger partial charge in [0.1, 0.15) is 0 Å². The highest BCUT2D eigenvalue weighted by Gasteiger charge is 2.22. The first-order valence-electron chi connectivity index (χ1n) is 7.01. The van der Waals surface area contributed by atoms with Crippen LogP contribution in [0.15, 0.2) is 6.20 Å². The van der Waals surface area contributed by atoms with Gasteiger partial charge in [0.15, 0.2) is 12.0 Å². The smallest absolute Gasteiger partial charge is 0.359 e. The molecule has 0 aliphatic carbocycles. The van der Waals surface area contributed by atoms with Crippen LogP contribution in [0.25, 0.3) is 5.13 Å². The van der Waals surface area contributed by atoms with E-state index >= 15 is 0 Å². The van der Waals surface area contributed by atoms with Crippen LogP contribution >= 0.6 is 11.3 Å². The molecule has 0 spiro atoms. The highest BCUT2D eigenvalue weighted by Crippen LogP contribution is 2.27. The van der Waals surface area contributed by atoms with Crippen LogP contribution in [0.2, 0.25) is 0 Å². The van der Waals surface area contributed by atoms with Crippen LogP contribution < -0.4 is 0 Å². The zero-order valence-corrected chi connectivity index (χ0v) is 13.2. The third-order valence-electron chi connectivity index (χ3n) is 3.45. The Kier molecular flexibility index (Phi) is 4.04. The fourth-order valence-electron chi connectivity index (χ4n) is 2.34. The maximum atomic E-state index is 11.8. The number of fused-ring (bicyclic) bond motifs is 1. The van der Waals surface area contributed by atoms with Crippen LogP contribution in [0.1, 0.15) is 38.3 Å². The molecule has 0 N–H and O–H groups in total. The van der Waals surface area contributed by atoms with Crippen molar-refractivity contribution in [3.8, 4) is 5.13 Å². The number of hydrogen-bond donors (Lipinski definition) is 0. The molecule has 1 aliphatic heterocycles. The minimum absolute atomic E-state index is 0.0298. The van der Waals surface area contributed by atoms with Gasteiger partial charge in [-0.2, -0.15) is 5.10 Å². The van der Waals surface area contributed by atoms with Crippen molar-refractivity contribution in [3.05, 3.63) is 28.0 Å². The Morgan fingerprint density at radius 3 is 3.09 bits per heavy atom. The molecular weight excluding hydrogens is 304 g/mol. The number of thiazole rings is 1. The molecule has 116 valence electrons. The van der Waals surface area contributed by atoms with E-state index in [2.05, 4.69) is 22.0 Å². The third-order valence-corrected chi connectivity index (χ3v) is 4.52. The number of aldehydes is 1. The monoisotopic (exact) mass is 320 g/mol. The summed E-state index contributed by atoms with van der Waals surface area (Å²) >= 11 is 1.53. The molecule has 0 fully saturated rings. The summed E-state index contributed by atoms with van der Waals surface area (Å²) in [6.07, 6.45) is 3.03. The van der Waals surface area contributed by atoms with Gasteiger partial charge in [-0.15, -0.1) is 0 Å². The molecule has 0 radical (unpaired) electrons. The second-order valence-corrected chi connectivity index (χ2v) is 6.13. The van der Waals surface area contributed by atoms with Crippen LogP contribution in [0.3, 0.4) is 0 Å².